The van der Waals surface area contributed by atoms with Crippen LogP contribution in [0.4, 0.5) is 0 Å². The number of hydrogen-bond donors (Lipinski definition) is 2. The molecule has 4 rings (SSSR count). The summed E-state index contributed by atoms with van der Waals surface area (Å²) in [6.07, 6.45) is 0.555. The Bertz CT molecular complexity index is 1540. The Kier molecular flexibility index (Phi) is 6.01. The molecule has 0 fully saturated rings. The minimum atomic E-state index is -0.723. The van der Waals surface area contributed by atoms with Gasteiger partial charge in [0, 0.05) is 12.6 Å². The molecule has 0 unspecified atom stereocenters. The van der Waals surface area contributed by atoms with Crippen LogP contribution < -0.4 is 20.7 Å². The predicted octanol–water partition coefficient (Wildman–Crippen LogP) is 3.35. The van der Waals surface area contributed by atoms with Crippen LogP contribution in [0, 0.1) is 11.7 Å². The average Bonchev–Trinajstić information content (AvgIpc) is 2.78. The van der Waals surface area contributed by atoms with Gasteiger partial charge in [-0.3, -0.25) is 9.78 Å². The zero-order valence-corrected chi connectivity index (χ0v) is 19.0. The van der Waals surface area contributed by atoms with Crippen LogP contribution in [0.5, 0.6) is 17.2 Å². The summed E-state index contributed by atoms with van der Waals surface area (Å²) in [5.74, 6) is 1.24. The third-order valence-corrected chi connectivity index (χ3v) is 5.55. The summed E-state index contributed by atoms with van der Waals surface area (Å²) < 4.78 is 17.6. The SMILES string of the molecule is COc1ccc(CCn2c(=S)[nH]c(=O)c3ccc(-c4c(O)cc(C)oc4=O)nc32)cc1OC. The zero-order valence-electron chi connectivity index (χ0n) is 18.2. The number of fused-ring (bicyclic) bond motifs is 1. The van der Waals surface area contributed by atoms with Crippen LogP contribution in [-0.4, -0.2) is 33.9 Å². The van der Waals surface area contributed by atoms with Gasteiger partial charge in [0.2, 0.25) is 0 Å². The molecule has 0 bridgehead atoms. The Hall–Kier alpha value is -3.92. The van der Waals surface area contributed by atoms with Crippen LogP contribution in [0.2, 0.25) is 0 Å². The van der Waals surface area contributed by atoms with Crippen molar-refractivity contribution in [2.24, 2.45) is 0 Å². The number of methoxy groups -OCH3 is 2. The fourth-order valence-electron chi connectivity index (χ4n) is 3.61. The Balaban J connectivity index is 1.80. The first-order valence-corrected chi connectivity index (χ1v) is 10.4. The van der Waals surface area contributed by atoms with Gasteiger partial charge in [-0.1, -0.05) is 6.07 Å². The summed E-state index contributed by atoms with van der Waals surface area (Å²) in [6, 6.07) is 9.95. The number of pyridine rings is 1. The highest BCUT2D eigenvalue weighted by Crippen LogP contribution is 2.28. The second-order valence-corrected chi connectivity index (χ2v) is 7.71. The van der Waals surface area contributed by atoms with Crippen LogP contribution >= 0.6 is 12.2 Å². The molecular weight excluding hydrogens is 446 g/mol. The fraction of sp³-hybridized carbons (Fsp3) is 0.217. The molecule has 0 spiro atoms. The van der Waals surface area contributed by atoms with Gasteiger partial charge in [-0.25, -0.2) is 9.78 Å². The quantitative estimate of drug-likeness (QED) is 0.414. The Labute approximate surface area is 192 Å². The van der Waals surface area contributed by atoms with Crippen molar-refractivity contribution in [1.29, 1.82) is 0 Å². The molecule has 0 radical (unpaired) electrons. The van der Waals surface area contributed by atoms with Crippen molar-refractivity contribution in [3.8, 4) is 28.5 Å². The van der Waals surface area contributed by atoms with Crippen molar-refractivity contribution >= 4 is 23.3 Å². The average molecular weight is 468 g/mol. The van der Waals surface area contributed by atoms with E-state index in [0.29, 0.717) is 35.5 Å². The highest BCUT2D eigenvalue weighted by atomic mass is 32.1. The number of hydrogen-bond acceptors (Lipinski definition) is 8. The molecule has 3 heterocycles. The molecule has 0 aliphatic carbocycles. The molecule has 170 valence electrons. The summed E-state index contributed by atoms with van der Waals surface area (Å²) in [5, 5.41) is 10.6. The molecule has 3 aromatic heterocycles. The van der Waals surface area contributed by atoms with Crippen molar-refractivity contribution in [3.05, 3.63) is 73.3 Å². The normalized spacial score (nSPS) is 11.0. The van der Waals surface area contributed by atoms with E-state index in [2.05, 4.69) is 9.97 Å². The molecule has 33 heavy (non-hydrogen) atoms. The van der Waals surface area contributed by atoms with E-state index in [-0.39, 0.29) is 27.5 Å². The van der Waals surface area contributed by atoms with Gasteiger partial charge in [-0.05, 0) is 55.4 Å². The standard InChI is InChI=1S/C23H21N3O6S/c1-12-10-16(27)19(22(29)32-12)15-6-5-14-20(24-15)26(23(33)25-21(14)28)9-8-13-4-7-17(30-2)18(11-13)31-3/h4-7,10-11,27H,8-9H2,1-3H3,(H,25,28,33). The van der Waals surface area contributed by atoms with E-state index in [1.807, 2.05) is 18.2 Å². The highest BCUT2D eigenvalue weighted by molar-refractivity contribution is 7.71. The second kappa shape index (κ2) is 8.91. The molecule has 0 amide bonds. The van der Waals surface area contributed by atoms with Crippen LogP contribution in [0.1, 0.15) is 11.3 Å². The molecule has 0 atom stereocenters. The number of aromatic nitrogens is 3. The number of nitrogens with one attached hydrogen (secondary N) is 1. The van der Waals surface area contributed by atoms with Crippen molar-refractivity contribution in [2.45, 2.75) is 19.9 Å². The molecular formula is C23H21N3O6S. The van der Waals surface area contributed by atoms with Crippen molar-refractivity contribution < 1.29 is 19.0 Å². The van der Waals surface area contributed by atoms with E-state index in [9.17, 15) is 14.7 Å². The lowest BCUT2D eigenvalue weighted by molar-refractivity contribution is 0.354. The summed E-state index contributed by atoms with van der Waals surface area (Å²) in [5.41, 5.74) is 0.230. The Morgan fingerprint density at radius 1 is 1.12 bits per heavy atom. The molecule has 1 aromatic carbocycles. The largest absolute Gasteiger partial charge is 0.507 e. The molecule has 9 nitrogen and oxygen atoms in total. The van der Waals surface area contributed by atoms with E-state index in [1.54, 1.807) is 25.7 Å². The van der Waals surface area contributed by atoms with E-state index in [1.165, 1.54) is 18.2 Å². The molecule has 4 aromatic rings. The maximum absolute atomic E-state index is 12.5. The van der Waals surface area contributed by atoms with Crippen molar-refractivity contribution in [3.63, 3.8) is 0 Å². The van der Waals surface area contributed by atoms with Gasteiger partial charge >= 0.3 is 5.63 Å². The maximum atomic E-state index is 12.5. The minimum Gasteiger partial charge on any atom is -0.507 e. The zero-order chi connectivity index (χ0) is 23.7. The van der Waals surface area contributed by atoms with Gasteiger partial charge in [0.1, 0.15) is 22.7 Å². The molecule has 0 aliphatic rings. The fourth-order valence-corrected chi connectivity index (χ4v) is 3.89. The van der Waals surface area contributed by atoms with E-state index >= 15 is 0 Å². The molecule has 10 heteroatoms. The molecule has 0 saturated carbocycles. The topological polar surface area (TPSA) is 120 Å². The van der Waals surface area contributed by atoms with E-state index in [0.717, 1.165) is 5.56 Å². The lowest BCUT2D eigenvalue weighted by atomic mass is 10.1. The maximum Gasteiger partial charge on any atom is 0.349 e. The summed E-state index contributed by atoms with van der Waals surface area (Å²) in [7, 11) is 3.13. The third-order valence-electron chi connectivity index (χ3n) is 5.22. The Morgan fingerprint density at radius 2 is 1.88 bits per heavy atom. The molecule has 0 aliphatic heterocycles. The number of aromatic amines is 1. The van der Waals surface area contributed by atoms with Crippen LogP contribution in [0.25, 0.3) is 22.3 Å². The molecule has 0 saturated heterocycles. The monoisotopic (exact) mass is 467 g/mol. The van der Waals surface area contributed by atoms with Crippen LogP contribution in [0.15, 0.2) is 50.4 Å². The smallest absolute Gasteiger partial charge is 0.349 e. The Morgan fingerprint density at radius 3 is 2.58 bits per heavy atom. The first kappa shape index (κ1) is 22.3. The van der Waals surface area contributed by atoms with Gasteiger partial charge in [0.25, 0.3) is 5.56 Å². The minimum absolute atomic E-state index is 0.0832. The van der Waals surface area contributed by atoms with Gasteiger partial charge in [-0.15, -0.1) is 0 Å². The van der Waals surface area contributed by atoms with E-state index in [4.69, 9.17) is 26.1 Å². The summed E-state index contributed by atoms with van der Waals surface area (Å²) >= 11 is 5.39. The predicted molar refractivity (Wildman–Crippen MR) is 125 cm³/mol. The van der Waals surface area contributed by atoms with Crippen molar-refractivity contribution in [2.75, 3.05) is 14.2 Å². The van der Waals surface area contributed by atoms with Gasteiger partial charge in [-0.2, -0.15) is 0 Å². The number of H-pyrrole nitrogens is 1. The highest BCUT2D eigenvalue weighted by Gasteiger charge is 2.16. The van der Waals surface area contributed by atoms with Gasteiger partial charge < -0.3 is 23.6 Å². The summed E-state index contributed by atoms with van der Waals surface area (Å²) in [4.78, 5) is 32.0. The summed E-state index contributed by atoms with van der Waals surface area (Å²) in [6.45, 7) is 1.95. The first-order chi connectivity index (χ1) is 15.8. The van der Waals surface area contributed by atoms with Crippen molar-refractivity contribution in [1.82, 2.24) is 14.5 Å². The van der Waals surface area contributed by atoms with E-state index < -0.39 is 11.2 Å². The second-order valence-electron chi connectivity index (χ2n) is 7.32. The lowest BCUT2D eigenvalue weighted by Gasteiger charge is -2.13. The number of aryl methyl sites for hydroxylation is 3. The number of rotatable bonds is 6. The lowest BCUT2D eigenvalue weighted by Crippen LogP contribution is -2.17. The number of nitrogens with zero attached hydrogens (tertiary/aromatic N) is 2. The third kappa shape index (κ3) is 4.24. The first-order valence-electron chi connectivity index (χ1n) is 10.0. The van der Waals surface area contributed by atoms with Gasteiger partial charge in [0.15, 0.2) is 16.3 Å². The van der Waals surface area contributed by atoms with Crippen LogP contribution in [0.3, 0.4) is 0 Å². The number of ether oxygens (including phenoxy) is 2. The van der Waals surface area contributed by atoms with Gasteiger partial charge in [0.05, 0.1) is 25.3 Å². The molecule has 2 N–H and O–H groups in total. The number of benzene rings is 1. The number of aromatic hydroxyl groups is 1. The van der Waals surface area contributed by atoms with Crippen LogP contribution in [-0.2, 0) is 13.0 Å².